The molecule has 8 nitrogen and oxygen atoms in total. The van der Waals surface area contributed by atoms with E-state index in [1.807, 2.05) is 39.0 Å². The van der Waals surface area contributed by atoms with Crippen molar-refractivity contribution in [1.82, 2.24) is 30.4 Å². The third-order valence-electron chi connectivity index (χ3n) is 3.74. The normalized spacial score (nSPS) is 10.7. The number of hydrazine groups is 1. The number of benzene rings is 1. The van der Waals surface area contributed by atoms with Crippen LogP contribution in [0.3, 0.4) is 0 Å². The van der Waals surface area contributed by atoms with Crippen LogP contribution in [0.4, 0.5) is 0 Å². The van der Waals surface area contributed by atoms with E-state index in [0.717, 1.165) is 23.4 Å². The van der Waals surface area contributed by atoms with Gasteiger partial charge in [0.15, 0.2) is 0 Å². The molecule has 0 saturated carbocycles. The molecule has 2 aromatic heterocycles. The Morgan fingerprint density at radius 2 is 1.72 bits per heavy atom. The smallest absolute Gasteiger partial charge is 0.267 e. The first kappa shape index (κ1) is 16.6. The van der Waals surface area contributed by atoms with Gasteiger partial charge in [-0.25, -0.2) is 9.50 Å². The first-order chi connectivity index (χ1) is 12.0. The van der Waals surface area contributed by atoms with Crippen LogP contribution in [0.2, 0.25) is 0 Å². The predicted octanol–water partition coefficient (Wildman–Crippen LogP) is 1.38. The molecule has 0 radical (unpaired) electrons. The summed E-state index contributed by atoms with van der Waals surface area (Å²) in [5.41, 5.74) is 7.86. The van der Waals surface area contributed by atoms with Gasteiger partial charge in [0.25, 0.3) is 11.7 Å². The number of hydrogen-bond acceptors (Lipinski definition) is 5. The molecule has 0 aliphatic rings. The van der Waals surface area contributed by atoms with Gasteiger partial charge in [-0.15, -0.1) is 5.10 Å². The largest absolute Gasteiger partial charge is 0.309 e. The molecule has 0 unspecified atom stereocenters. The number of nitrogens with zero attached hydrogens (tertiary/aromatic N) is 4. The summed E-state index contributed by atoms with van der Waals surface area (Å²) >= 11 is 0. The number of carbonyl (C=O) groups is 2. The summed E-state index contributed by atoms with van der Waals surface area (Å²) in [6.07, 6.45) is 0.894. The van der Waals surface area contributed by atoms with Crippen LogP contribution in [0.15, 0.2) is 30.3 Å². The van der Waals surface area contributed by atoms with Gasteiger partial charge in [0.2, 0.25) is 5.82 Å². The van der Waals surface area contributed by atoms with Gasteiger partial charge in [0.05, 0.1) is 0 Å². The van der Waals surface area contributed by atoms with Crippen molar-refractivity contribution in [2.24, 2.45) is 0 Å². The Balaban J connectivity index is 1.69. The fraction of sp³-hybridized carbons (Fsp3) is 0.235. The highest BCUT2D eigenvalue weighted by atomic mass is 16.2. The Morgan fingerprint density at radius 1 is 1.04 bits per heavy atom. The second-order valence-electron chi connectivity index (χ2n) is 5.64. The molecule has 0 aliphatic carbocycles. The number of carbonyl (C=O) groups excluding carboxylic acids is 2. The van der Waals surface area contributed by atoms with Crippen molar-refractivity contribution in [2.75, 3.05) is 0 Å². The number of fused-ring (bicyclic) bond motifs is 1. The molecule has 25 heavy (non-hydrogen) atoms. The summed E-state index contributed by atoms with van der Waals surface area (Å²) in [6, 6.07) is 9.00. The molecule has 2 heterocycles. The molecular formula is C17H18N6O2. The fourth-order valence-corrected chi connectivity index (χ4v) is 2.40. The van der Waals surface area contributed by atoms with Crippen LogP contribution in [-0.4, -0.2) is 31.4 Å². The first-order valence-corrected chi connectivity index (χ1v) is 7.88. The Hall–Kier alpha value is -3.29. The standard InChI is InChI=1S/C17H18N6O2/c1-4-12-5-7-13(8-6-12)15(24)20-21-16(25)14-19-17-18-10(2)9-11(3)23(17)22-14/h5-9H,4H2,1-3H3,(H,20,24)(H,21,25). The monoisotopic (exact) mass is 338 g/mol. The molecule has 0 spiro atoms. The lowest BCUT2D eigenvalue weighted by Gasteiger charge is -2.06. The van der Waals surface area contributed by atoms with E-state index in [1.165, 1.54) is 4.52 Å². The van der Waals surface area contributed by atoms with Crippen molar-refractivity contribution < 1.29 is 9.59 Å². The number of aryl methyl sites for hydroxylation is 3. The minimum Gasteiger partial charge on any atom is -0.267 e. The van der Waals surface area contributed by atoms with Gasteiger partial charge < -0.3 is 0 Å². The minimum absolute atomic E-state index is 0.0668. The van der Waals surface area contributed by atoms with Gasteiger partial charge in [-0.1, -0.05) is 19.1 Å². The molecule has 0 atom stereocenters. The van der Waals surface area contributed by atoms with Crippen LogP contribution in [0.5, 0.6) is 0 Å². The van der Waals surface area contributed by atoms with Gasteiger partial charge in [-0.2, -0.15) is 4.98 Å². The van der Waals surface area contributed by atoms with Crippen LogP contribution in [0.25, 0.3) is 5.78 Å². The lowest BCUT2D eigenvalue weighted by Crippen LogP contribution is -2.42. The predicted molar refractivity (Wildman–Crippen MR) is 91.0 cm³/mol. The summed E-state index contributed by atoms with van der Waals surface area (Å²) in [5.74, 6) is -0.752. The molecule has 8 heteroatoms. The lowest BCUT2D eigenvalue weighted by molar-refractivity contribution is 0.0841. The summed E-state index contributed by atoms with van der Waals surface area (Å²) < 4.78 is 1.48. The van der Waals surface area contributed by atoms with Gasteiger partial charge in [-0.3, -0.25) is 20.4 Å². The average Bonchev–Trinajstić information content (AvgIpc) is 3.04. The van der Waals surface area contributed by atoms with Gasteiger partial charge >= 0.3 is 5.91 Å². The second-order valence-corrected chi connectivity index (χ2v) is 5.64. The van der Waals surface area contributed by atoms with Gasteiger partial charge in [-0.05, 0) is 44.0 Å². The second kappa shape index (κ2) is 6.68. The summed E-state index contributed by atoms with van der Waals surface area (Å²) in [4.78, 5) is 32.5. The third kappa shape index (κ3) is 3.47. The first-order valence-electron chi connectivity index (χ1n) is 7.88. The highest BCUT2D eigenvalue weighted by molar-refractivity contribution is 5.97. The molecule has 0 aliphatic heterocycles. The molecule has 2 N–H and O–H groups in total. The van der Waals surface area contributed by atoms with E-state index in [9.17, 15) is 9.59 Å². The Bertz CT molecular complexity index is 946. The zero-order chi connectivity index (χ0) is 18.0. The van der Waals surface area contributed by atoms with E-state index < -0.39 is 11.8 Å². The molecule has 3 aromatic rings. The number of aromatic nitrogens is 4. The minimum atomic E-state index is -0.610. The van der Waals surface area contributed by atoms with Gasteiger partial charge in [0, 0.05) is 17.0 Å². The van der Waals surface area contributed by atoms with Crippen LogP contribution in [-0.2, 0) is 6.42 Å². The summed E-state index contributed by atoms with van der Waals surface area (Å²) in [5, 5.41) is 4.11. The van der Waals surface area contributed by atoms with Crippen molar-refractivity contribution in [3.63, 3.8) is 0 Å². The molecule has 128 valence electrons. The van der Waals surface area contributed by atoms with E-state index >= 15 is 0 Å². The molecule has 0 bridgehead atoms. The summed E-state index contributed by atoms with van der Waals surface area (Å²) in [6.45, 7) is 5.72. The van der Waals surface area contributed by atoms with Crippen LogP contribution in [0, 0.1) is 13.8 Å². The topological polar surface area (TPSA) is 101 Å². The maximum absolute atomic E-state index is 12.2. The highest BCUT2D eigenvalue weighted by Gasteiger charge is 2.16. The lowest BCUT2D eigenvalue weighted by atomic mass is 10.1. The molecule has 2 amide bonds. The Kier molecular flexibility index (Phi) is 4.42. The Morgan fingerprint density at radius 3 is 2.40 bits per heavy atom. The fourth-order valence-electron chi connectivity index (χ4n) is 2.40. The highest BCUT2D eigenvalue weighted by Crippen LogP contribution is 2.06. The SMILES string of the molecule is CCc1ccc(C(=O)NNC(=O)c2nc3nc(C)cc(C)n3n2)cc1. The van der Waals surface area contributed by atoms with Crippen molar-refractivity contribution in [3.8, 4) is 0 Å². The molecular weight excluding hydrogens is 320 g/mol. The number of nitrogens with one attached hydrogen (secondary N) is 2. The van der Waals surface area contributed by atoms with E-state index in [0.29, 0.717) is 11.3 Å². The quantitative estimate of drug-likeness (QED) is 0.703. The number of hydrogen-bond donors (Lipinski definition) is 2. The molecule has 0 saturated heterocycles. The number of amides is 2. The maximum atomic E-state index is 12.2. The summed E-state index contributed by atoms with van der Waals surface area (Å²) in [7, 11) is 0. The van der Waals surface area contributed by atoms with Crippen molar-refractivity contribution in [2.45, 2.75) is 27.2 Å². The molecule has 0 fully saturated rings. The zero-order valence-corrected chi connectivity index (χ0v) is 14.2. The third-order valence-corrected chi connectivity index (χ3v) is 3.74. The van der Waals surface area contributed by atoms with Crippen molar-refractivity contribution in [3.05, 3.63) is 58.7 Å². The van der Waals surface area contributed by atoms with Gasteiger partial charge in [0.1, 0.15) is 0 Å². The molecule has 3 rings (SSSR count). The van der Waals surface area contributed by atoms with E-state index in [4.69, 9.17) is 0 Å². The van der Waals surface area contributed by atoms with E-state index in [-0.39, 0.29) is 5.82 Å². The average molecular weight is 338 g/mol. The van der Waals surface area contributed by atoms with Crippen LogP contribution in [0.1, 0.15) is 44.9 Å². The van der Waals surface area contributed by atoms with Crippen LogP contribution < -0.4 is 10.9 Å². The zero-order valence-electron chi connectivity index (χ0n) is 14.2. The van der Waals surface area contributed by atoms with E-state index in [1.54, 1.807) is 12.1 Å². The van der Waals surface area contributed by atoms with Crippen molar-refractivity contribution in [1.29, 1.82) is 0 Å². The molecule has 1 aromatic carbocycles. The van der Waals surface area contributed by atoms with Crippen LogP contribution >= 0.6 is 0 Å². The maximum Gasteiger partial charge on any atom is 0.309 e. The van der Waals surface area contributed by atoms with Crippen molar-refractivity contribution >= 4 is 17.6 Å². The van der Waals surface area contributed by atoms with E-state index in [2.05, 4.69) is 25.9 Å². The number of rotatable bonds is 3. The Labute approximate surface area is 144 Å².